The number of fused-ring (bicyclic) bond motifs is 1. The van der Waals surface area contributed by atoms with Gasteiger partial charge in [0.15, 0.2) is 5.60 Å². The molecule has 0 radical (unpaired) electrons. The summed E-state index contributed by atoms with van der Waals surface area (Å²) in [5, 5.41) is 0. The Balaban J connectivity index is 1.32. The van der Waals surface area contributed by atoms with E-state index in [2.05, 4.69) is 4.99 Å². The van der Waals surface area contributed by atoms with Gasteiger partial charge in [0, 0.05) is 38.2 Å². The first-order valence-corrected chi connectivity index (χ1v) is 9.93. The number of hydrogen-bond acceptors (Lipinski definition) is 4. The highest BCUT2D eigenvalue weighted by Gasteiger charge is 2.58. The van der Waals surface area contributed by atoms with Crippen LogP contribution in [-0.2, 0) is 14.3 Å². The molecule has 5 rings (SSSR count). The first kappa shape index (κ1) is 18.4. The molecule has 0 N–H and O–H groups in total. The summed E-state index contributed by atoms with van der Waals surface area (Å²) in [5.74, 6) is -1.51. The van der Waals surface area contributed by atoms with Crippen LogP contribution in [0.2, 0.25) is 0 Å². The minimum atomic E-state index is -0.954. The van der Waals surface area contributed by atoms with Gasteiger partial charge in [-0.15, -0.1) is 0 Å². The fraction of sp³-hybridized carbons (Fsp3) is 0.476. The summed E-state index contributed by atoms with van der Waals surface area (Å²) in [7, 11) is 0. The van der Waals surface area contributed by atoms with E-state index in [9.17, 15) is 18.4 Å². The summed E-state index contributed by atoms with van der Waals surface area (Å²) in [6, 6.07) is 3.01. The molecule has 0 unspecified atom stereocenters. The zero-order valence-corrected chi connectivity index (χ0v) is 15.8. The predicted molar refractivity (Wildman–Crippen MR) is 100 cm³/mol. The van der Waals surface area contributed by atoms with Crippen LogP contribution in [0.4, 0.5) is 8.78 Å². The summed E-state index contributed by atoms with van der Waals surface area (Å²) in [6.45, 7) is 1.38. The molecule has 8 heteroatoms. The predicted octanol–water partition coefficient (Wildman–Crippen LogP) is 2.36. The van der Waals surface area contributed by atoms with E-state index in [4.69, 9.17) is 4.74 Å². The largest absolute Gasteiger partial charge is 0.342 e. The number of amides is 2. The van der Waals surface area contributed by atoms with Gasteiger partial charge in [0.1, 0.15) is 17.9 Å². The van der Waals surface area contributed by atoms with Crippen LogP contribution in [0.3, 0.4) is 0 Å². The van der Waals surface area contributed by atoms with Crippen molar-refractivity contribution in [1.82, 2.24) is 9.80 Å². The molecule has 152 valence electrons. The summed E-state index contributed by atoms with van der Waals surface area (Å²) in [5.41, 5.74) is 0.0944. The van der Waals surface area contributed by atoms with Crippen LogP contribution in [0.1, 0.15) is 37.3 Å². The fourth-order valence-corrected chi connectivity index (χ4v) is 4.89. The highest BCUT2D eigenvalue weighted by atomic mass is 19.1. The van der Waals surface area contributed by atoms with Crippen LogP contribution in [0.15, 0.2) is 34.8 Å². The number of ether oxygens (including phenoxy) is 1. The van der Waals surface area contributed by atoms with Crippen molar-refractivity contribution in [3.63, 3.8) is 0 Å². The number of nitrogens with zero attached hydrogens (tertiary/aromatic N) is 3. The van der Waals surface area contributed by atoms with Crippen molar-refractivity contribution < 1.29 is 23.1 Å². The first-order chi connectivity index (χ1) is 14.0. The third-order valence-corrected chi connectivity index (χ3v) is 6.34. The van der Waals surface area contributed by atoms with Crippen molar-refractivity contribution in [2.45, 2.75) is 43.6 Å². The van der Waals surface area contributed by atoms with Gasteiger partial charge in [0.25, 0.3) is 11.8 Å². The molecular weight excluding hydrogens is 380 g/mol. The maximum Gasteiger partial charge on any atom is 0.257 e. The van der Waals surface area contributed by atoms with Gasteiger partial charge in [0.05, 0.1) is 18.2 Å². The molecule has 3 saturated heterocycles. The monoisotopic (exact) mass is 401 g/mol. The number of carbonyl (C=O) groups is 2. The molecule has 29 heavy (non-hydrogen) atoms. The van der Waals surface area contributed by atoms with Crippen LogP contribution in [0.25, 0.3) is 0 Å². The van der Waals surface area contributed by atoms with E-state index < -0.39 is 23.3 Å². The highest BCUT2D eigenvalue weighted by molar-refractivity contribution is 6.13. The average Bonchev–Trinajstić information content (AvgIpc) is 3.41. The Morgan fingerprint density at radius 3 is 2.52 bits per heavy atom. The molecule has 2 amide bonds. The number of aliphatic imine (C=N–C) groups is 1. The van der Waals surface area contributed by atoms with Crippen LogP contribution in [0, 0.1) is 11.6 Å². The Hall–Kier alpha value is -2.61. The second kappa shape index (κ2) is 6.73. The molecule has 1 aromatic carbocycles. The molecule has 4 heterocycles. The standard InChI is InChI=1S/C21H21F2N3O3/c22-15-9-14(10-16(23)11-15)17-1-2-18-26(17)20(28)21(29-18)4-7-25(8-5-21)19(27)13-3-6-24-12-13/h3,9-12,17-18H,1-2,4-8H2/t17-,18+/m0/s1. The Morgan fingerprint density at radius 1 is 1.14 bits per heavy atom. The third kappa shape index (κ3) is 2.97. The van der Waals surface area contributed by atoms with Crippen molar-refractivity contribution in [3.8, 4) is 0 Å². The lowest BCUT2D eigenvalue weighted by Crippen LogP contribution is -2.52. The first-order valence-electron chi connectivity index (χ1n) is 9.93. The molecule has 4 aliphatic rings. The lowest BCUT2D eigenvalue weighted by atomic mass is 9.89. The van der Waals surface area contributed by atoms with E-state index in [1.807, 2.05) is 0 Å². The van der Waals surface area contributed by atoms with Gasteiger partial charge >= 0.3 is 0 Å². The van der Waals surface area contributed by atoms with E-state index >= 15 is 0 Å². The molecule has 3 fully saturated rings. The number of rotatable bonds is 2. The average molecular weight is 401 g/mol. The van der Waals surface area contributed by atoms with Gasteiger partial charge in [-0.1, -0.05) is 0 Å². The zero-order valence-electron chi connectivity index (χ0n) is 15.8. The van der Waals surface area contributed by atoms with Gasteiger partial charge in [-0.25, -0.2) is 8.78 Å². The van der Waals surface area contributed by atoms with E-state index in [1.54, 1.807) is 22.1 Å². The maximum absolute atomic E-state index is 13.7. The van der Waals surface area contributed by atoms with Gasteiger partial charge in [-0.3, -0.25) is 14.6 Å². The SMILES string of the molecule is O=C(C1=CCN=C1)N1CCC2(CC1)O[C@@H]1CC[C@@H](c3cc(F)cc(F)c3)N1C2=O. The molecule has 4 aliphatic heterocycles. The fourth-order valence-electron chi connectivity index (χ4n) is 4.89. The molecule has 0 aliphatic carbocycles. The number of carbonyl (C=O) groups excluding carboxylic acids is 2. The van der Waals surface area contributed by atoms with Crippen molar-refractivity contribution in [1.29, 1.82) is 0 Å². The Bertz CT molecular complexity index is 917. The molecular formula is C21H21F2N3O3. The lowest BCUT2D eigenvalue weighted by molar-refractivity contribution is -0.147. The van der Waals surface area contributed by atoms with E-state index in [0.29, 0.717) is 56.5 Å². The zero-order chi connectivity index (χ0) is 20.2. The van der Waals surface area contributed by atoms with Crippen LogP contribution < -0.4 is 0 Å². The minimum Gasteiger partial charge on any atom is -0.342 e. The van der Waals surface area contributed by atoms with Gasteiger partial charge in [0.2, 0.25) is 0 Å². The minimum absolute atomic E-state index is 0.0693. The molecule has 0 saturated carbocycles. The molecule has 2 atom stereocenters. The molecule has 6 nitrogen and oxygen atoms in total. The van der Waals surface area contributed by atoms with Crippen molar-refractivity contribution in [3.05, 3.63) is 47.0 Å². The Kier molecular flexibility index (Phi) is 4.27. The van der Waals surface area contributed by atoms with Gasteiger partial charge in [-0.05, 0) is 36.6 Å². The molecule has 0 aromatic heterocycles. The van der Waals surface area contributed by atoms with Crippen LogP contribution in [0.5, 0.6) is 0 Å². The van der Waals surface area contributed by atoms with E-state index in [1.165, 1.54) is 12.1 Å². The van der Waals surface area contributed by atoms with E-state index in [0.717, 1.165) is 6.07 Å². The second-order valence-corrected chi connectivity index (χ2v) is 8.02. The van der Waals surface area contributed by atoms with Crippen LogP contribution >= 0.6 is 0 Å². The summed E-state index contributed by atoms with van der Waals surface area (Å²) >= 11 is 0. The maximum atomic E-state index is 13.7. The Labute approximate surface area is 166 Å². The van der Waals surface area contributed by atoms with E-state index in [-0.39, 0.29) is 18.0 Å². The van der Waals surface area contributed by atoms with Crippen molar-refractivity contribution >= 4 is 18.0 Å². The van der Waals surface area contributed by atoms with Gasteiger partial charge in [-0.2, -0.15) is 0 Å². The lowest BCUT2D eigenvalue weighted by Gasteiger charge is -2.37. The third-order valence-electron chi connectivity index (χ3n) is 6.34. The molecule has 1 spiro atoms. The number of benzene rings is 1. The second-order valence-electron chi connectivity index (χ2n) is 8.02. The number of piperidine rings is 1. The molecule has 1 aromatic rings. The van der Waals surface area contributed by atoms with Crippen molar-refractivity contribution in [2.24, 2.45) is 4.99 Å². The number of hydrogen-bond donors (Lipinski definition) is 0. The Morgan fingerprint density at radius 2 is 1.86 bits per heavy atom. The highest BCUT2D eigenvalue weighted by Crippen LogP contribution is 2.47. The summed E-state index contributed by atoms with van der Waals surface area (Å²) in [6.07, 6.45) is 5.06. The quantitative estimate of drug-likeness (QED) is 0.764. The summed E-state index contributed by atoms with van der Waals surface area (Å²) < 4.78 is 33.6. The van der Waals surface area contributed by atoms with Crippen molar-refractivity contribution in [2.75, 3.05) is 19.6 Å². The smallest absolute Gasteiger partial charge is 0.257 e. The topological polar surface area (TPSA) is 62.2 Å². The van der Waals surface area contributed by atoms with Gasteiger partial charge < -0.3 is 14.5 Å². The molecule has 0 bridgehead atoms. The summed E-state index contributed by atoms with van der Waals surface area (Å²) in [4.78, 5) is 33.3. The van der Waals surface area contributed by atoms with Crippen LogP contribution in [-0.4, -0.2) is 59.3 Å². The number of likely N-dealkylation sites (tertiary alicyclic amines) is 1. The normalized spacial score (nSPS) is 27.7. The number of halogens is 2.